The summed E-state index contributed by atoms with van der Waals surface area (Å²) in [7, 11) is 0. The molecule has 0 bridgehead atoms. The Kier molecular flexibility index (Phi) is 6.33. The van der Waals surface area contributed by atoms with Crippen LogP contribution in [0.2, 0.25) is 0 Å². The van der Waals surface area contributed by atoms with Gasteiger partial charge in [-0.25, -0.2) is 0 Å². The number of phenolic OH excluding ortho intramolecular Hbond substituents is 1. The number of aromatic hydroxyl groups is 1. The molecule has 7 heteroatoms. The predicted molar refractivity (Wildman–Crippen MR) is 128 cm³/mol. The maximum absolute atomic E-state index is 13.5. The van der Waals surface area contributed by atoms with Gasteiger partial charge in [-0.05, 0) is 49.2 Å². The predicted octanol–water partition coefficient (Wildman–Crippen LogP) is 5.02. The molecule has 1 N–H and O–H groups in total. The Labute approximate surface area is 199 Å². The minimum atomic E-state index is -1.24. The number of carbonyl (C=O) groups is 3. The standard InChI is InChI=1S/C26H22BrNO5/c1-3-33-21-13-17(10-12-20(21)29)23-22(24(30)16-7-5-4-6-8-16)25(31)26(32)28(23)18-11-9-15(2)19(27)14-18/h4-14,22-23,29H,3H2,1-2H3. The van der Waals surface area contributed by atoms with Crippen LogP contribution in [0.15, 0.2) is 71.2 Å². The molecule has 2 unspecified atom stereocenters. The molecule has 0 aliphatic carbocycles. The molecule has 1 fully saturated rings. The lowest BCUT2D eigenvalue weighted by Gasteiger charge is -2.28. The first kappa shape index (κ1) is 22.7. The summed E-state index contributed by atoms with van der Waals surface area (Å²) in [6, 6.07) is 17.5. The van der Waals surface area contributed by atoms with Crippen LogP contribution in [0.25, 0.3) is 0 Å². The van der Waals surface area contributed by atoms with Crippen LogP contribution < -0.4 is 9.64 Å². The maximum Gasteiger partial charge on any atom is 0.295 e. The molecule has 3 aromatic rings. The van der Waals surface area contributed by atoms with E-state index >= 15 is 0 Å². The monoisotopic (exact) mass is 507 g/mol. The highest BCUT2D eigenvalue weighted by molar-refractivity contribution is 9.10. The number of amides is 1. The quantitative estimate of drug-likeness (QED) is 0.287. The van der Waals surface area contributed by atoms with Crippen molar-refractivity contribution in [3.8, 4) is 11.5 Å². The molecule has 2 atom stereocenters. The Morgan fingerprint density at radius 1 is 1.06 bits per heavy atom. The molecule has 0 aromatic heterocycles. The fourth-order valence-electron chi connectivity index (χ4n) is 4.05. The van der Waals surface area contributed by atoms with Crippen LogP contribution in [-0.4, -0.2) is 29.2 Å². The Hall–Kier alpha value is -3.45. The average molecular weight is 508 g/mol. The zero-order valence-corrected chi connectivity index (χ0v) is 19.7. The van der Waals surface area contributed by atoms with E-state index in [-0.39, 0.29) is 11.5 Å². The van der Waals surface area contributed by atoms with E-state index in [4.69, 9.17) is 4.74 Å². The molecular weight excluding hydrogens is 486 g/mol. The number of aryl methyl sites for hydroxylation is 1. The zero-order valence-electron chi connectivity index (χ0n) is 18.1. The number of carbonyl (C=O) groups excluding carboxylic acids is 3. The van der Waals surface area contributed by atoms with Gasteiger partial charge in [0.15, 0.2) is 17.3 Å². The smallest absolute Gasteiger partial charge is 0.295 e. The number of hydrogen-bond acceptors (Lipinski definition) is 5. The minimum absolute atomic E-state index is 0.0631. The number of benzene rings is 3. The van der Waals surface area contributed by atoms with Gasteiger partial charge in [0.1, 0.15) is 5.92 Å². The average Bonchev–Trinajstić information content (AvgIpc) is 3.08. The number of phenols is 1. The third kappa shape index (κ3) is 4.16. The summed E-state index contributed by atoms with van der Waals surface area (Å²) in [5.74, 6) is -3.03. The molecule has 3 aromatic carbocycles. The van der Waals surface area contributed by atoms with Crippen molar-refractivity contribution in [3.05, 3.63) is 87.9 Å². The molecule has 1 saturated heterocycles. The van der Waals surface area contributed by atoms with E-state index in [0.29, 0.717) is 23.4 Å². The lowest BCUT2D eigenvalue weighted by Crippen LogP contribution is -2.30. The van der Waals surface area contributed by atoms with Gasteiger partial charge >= 0.3 is 0 Å². The number of hydrogen-bond donors (Lipinski definition) is 1. The van der Waals surface area contributed by atoms with Gasteiger partial charge in [-0.2, -0.15) is 0 Å². The third-order valence-electron chi connectivity index (χ3n) is 5.71. The summed E-state index contributed by atoms with van der Waals surface area (Å²) in [5.41, 5.74) is 2.32. The molecule has 6 nitrogen and oxygen atoms in total. The Morgan fingerprint density at radius 2 is 1.79 bits per heavy atom. The minimum Gasteiger partial charge on any atom is -0.504 e. The van der Waals surface area contributed by atoms with E-state index < -0.39 is 29.4 Å². The van der Waals surface area contributed by atoms with Crippen LogP contribution in [0.5, 0.6) is 11.5 Å². The van der Waals surface area contributed by atoms with Gasteiger partial charge in [-0.15, -0.1) is 0 Å². The molecular formula is C26H22BrNO5. The van der Waals surface area contributed by atoms with E-state index in [9.17, 15) is 19.5 Å². The highest BCUT2D eigenvalue weighted by Crippen LogP contribution is 2.44. The number of ether oxygens (including phenoxy) is 1. The molecule has 0 radical (unpaired) electrons. The number of nitrogens with zero attached hydrogens (tertiary/aromatic N) is 1. The summed E-state index contributed by atoms with van der Waals surface area (Å²) in [5, 5.41) is 10.2. The van der Waals surface area contributed by atoms with Crippen LogP contribution >= 0.6 is 15.9 Å². The molecule has 1 heterocycles. The van der Waals surface area contributed by atoms with Gasteiger partial charge in [0.2, 0.25) is 5.78 Å². The molecule has 1 amide bonds. The van der Waals surface area contributed by atoms with Crippen molar-refractivity contribution in [2.45, 2.75) is 19.9 Å². The molecule has 0 spiro atoms. The molecule has 168 valence electrons. The second-order valence-corrected chi connectivity index (χ2v) is 8.64. The van der Waals surface area contributed by atoms with Crippen LogP contribution in [0.3, 0.4) is 0 Å². The SMILES string of the molecule is CCOc1cc(C2C(C(=O)c3ccccc3)C(=O)C(=O)N2c2ccc(C)c(Br)c2)ccc1O. The van der Waals surface area contributed by atoms with Crippen molar-refractivity contribution >= 4 is 39.1 Å². The maximum atomic E-state index is 13.5. The number of Topliss-reactive ketones (excluding diaryl/α,β-unsaturated/α-hetero) is 2. The third-order valence-corrected chi connectivity index (χ3v) is 6.56. The normalized spacial score (nSPS) is 18.0. The lowest BCUT2D eigenvalue weighted by molar-refractivity contribution is -0.135. The highest BCUT2D eigenvalue weighted by atomic mass is 79.9. The molecule has 33 heavy (non-hydrogen) atoms. The van der Waals surface area contributed by atoms with Gasteiger partial charge in [0.05, 0.1) is 12.6 Å². The number of anilines is 1. The fourth-order valence-corrected chi connectivity index (χ4v) is 4.42. The zero-order chi connectivity index (χ0) is 23.7. The van der Waals surface area contributed by atoms with E-state index in [1.807, 2.05) is 13.0 Å². The van der Waals surface area contributed by atoms with Gasteiger partial charge in [-0.1, -0.05) is 58.4 Å². The first-order chi connectivity index (χ1) is 15.8. The lowest BCUT2D eigenvalue weighted by atomic mass is 9.86. The first-order valence-electron chi connectivity index (χ1n) is 10.5. The second kappa shape index (κ2) is 9.19. The molecule has 4 rings (SSSR count). The van der Waals surface area contributed by atoms with E-state index in [1.165, 1.54) is 11.0 Å². The summed E-state index contributed by atoms with van der Waals surface area (Å²) in [4.78, 5) is 41.3. The topological polar surface area (TPSA) is 83.9 Å². The van der Waals surface area contributed by atoms with Gasteiger partial charge in [-0.3, -0.25) is 19.3 Å². The first-order valence-corrected chi connectivity index (χ1v) is 11.3. The number of ketones is 2. The summed E-state index contributed by atoms with van der Waals surface area (Å²) in [6.07, 6.45) is 0. The van der Waals surface area contributed by atoms with Crippen LogP contribution in [0.4, 0.5) is 5.69 Å². The van der Waals surface area contributed by atoms with E-state index in [1.54, 1.807) is 61.5 Å². The van der Waals surface area contributed by atoms with Crippen molar-refractivity contribution in [2.75, 3.05) is 11.5 Å². The highest BCUT2D eigenvalue weighted by Gasteiger charge is 2.52. The van der Waals surface area contributed by atoms with E-state index in [0.717, 1.165) is 10.0 Å². The summed E-state index contributed by atoms with van der Waals surface area (Å²) in [6.45, 7) is 4.02. The fraction of sp³-hybridized carbons (Fsp3) is 0.192. The largest absolute Gasteiger partial charge is 0.504 e. The molecule has 1 aliphatic rings. The van der Waals surface area contributed by atoms with Crippen molar-refractivity contribution < 1.29 is 24.2 Å². The summed E-state index contributed by atoms with van der Waals surface area (Å²) < 4.78 is 6.29. The van der Waals surface area contributed by atoms with Crippen LogP contribution in [-0.2, 0) is 9.59 Å². The molecule has 1 aliphatic heterocycles. The van der Waals surface area contributed by atoms with Crippen LogP contribution in [0, 0.1) is 12.8 Å². The number of rotatable bonds is 6. The Balaban J connectivity index is 1.89. The molecule has 0 saturated carbocycles. The van der Waals surface area contributed by atoms with Crippen molar-refractivity contribution in [1.82, 2.24) is 0 Å². The van der Waals surface area contributed by atoms with Gasteiger partial charge < -0.3 is 9.84 Å². The van der Waals surface area contributed by atoms with Crippen molar-refractivity contribution in [1.29, 1.82) is 0 Å². The van der Waals surface area contributed by atoms with Crippen LogP contribution in [0.1, 0.15) is 34.5 Å². The van der Waals surface area contributed by atoms with E-state index in [2.05, 4.69) is 15.9 Å². The second-order valence-electron chi connectivity index (χ2n) is 7.79. The Morgan fingerprint density at radius 3 is 2.45 bits per heavy atom. The summed E-state index contributed by atoms with van der Waals surface area (Å²) >= 11 is 3.48. The van der Waals surface area contributed by atoms with Gasteiger partial charge in [0, 0.05) is 15.7 Å². The number of halogens is 1. The van der Waals surface area contributed by atoms with Gasteiger partial charge in [0.25, 0.3) is 5.91 Å². The van der Waals surface area contributed by atoms with Crippen molar-refractivity contribution in [3.63, 3.8) is 0 Å². The van der Waals surface area contributed by atoms with Crippen molar-refractivity contribution in [2.24, 2.45) is 5.92 Å². The Bertz CT molecular complexity index is 1240.